The van der Waals surface area contributed by atoms with Crippen molar-refractivity contribution in [2.24, 2.45) is 5.73 Å². The highest BCUT2D eigenvalue weighted by Gasteiger charge is 2.23. The normalized spacial score (nSPS) is 20.6. The molecular formula is C14H22ClN3O2S. The van der Waals surface area contributed by atoms with Crippen LogP contribution >= 0.6 is 11.6 Å². The van der Waals surface area contributed by atoms with Gasteiger partial charge in [-0.25, -0.2) is 13.1 Å². The number of likely N-dealkylation sites (tertiary alicyclic amines) is 1. The molecule has 7 heteroatoms. The highest BCUT2D eigenvalue weighted by atomic mass is 35.5. The van der Waals surface area contributed by atoms with E-state index in [-0.39, 0.29) is 22.5 Å². The Kier molecular flexibility index (Phi) is 5.62. The predicted molar refractivity (Wildman–Crippen MR) is 84.8 cm³/mol. The highest BCUT2D eigenvalue weighted by molar-refractivity contribution is 7.89. The molecule has 0 spiro atoms. The fourth-order valence-electron chi connectivity index (χ4n) is 2.57. The van der Waals surface area contributed by atoms with Crippen LogP contribution < -0.4 is 10.5 Å². The summed E-state index contributed by atoms with van der Waals surface area (Å²) in [4.78, 5) is 2.30. The van der Waals surface area contributed by atoms with Crippen LogP contribution in [-0.2, 0) is 16.6 Å². The average molecular weight is 332 g/mol. The Morgan fingerprint density at radius 3 is 2.86 bits per heavy atom. The van der Waals surface area contributed by atoms with Crippen molar-refractivity contribution in [2.45, 2.75) is 36.7 Å². The number of nitrogens with two attached hydrogens (primary N) is 1. The van der Waals surface area contributed by atoms with Crippen LogP contribution in [0.4, 0.5) is 0 Å². The molecule has 1 heterocycles. The Morgan fingerprint density at radius 2 is 2.19 bits per heavy atom. The summed E-state index contributed by atoms with van der Waals surface area (Å²) in [5.41, 5.74) is 6.30. The van der Waals surface area contributed by atoms with E-state index in [0.29, 0.717) is 6.54 Å². The summed E-state index contributed by atoms with van der Waals surface area (Å²) in [6.07, 6.45) is 3.32. The van der Waals surface area contributed by atoms with E-state index in [9.17, 15) is 8.42 Å². The van der Waals surface area contributed by atoms with Gasteiger partial charge in [-0.1, -0.05) is 24.1 Å². The molecule has 0 radical (unpaired) electrons. The van der Waals surface area contributed by atoms with Gasteiger partial charge in [-0.3, -0.25) is 0 Å². The molecule has 5 nitrogen and oxygen atoms in total. The van der Waals surface area contributed by atoms with Gasteiger partial charge in [-0.15, -0.1) is 0 Å². The largest absolute Gasteiger partial charge is 0.326 e. The lowest BCUT2D eigenvalue weighted by atomic mass is 10.0. The van der Waals surface area contributed by atoms with Crippen molar-refractivity contribution in [3.05, 3.63) is 28.8 Å². The second-order valence-corrected chi connectivity index (χ2v) is 7.59. The molecule has 2 rings (SSSR count). The molecule has 1 saturated heterocycles. The number of hydrogen-bond donors (Lipinski definition) is 2. The van der Waals surface area contributed by atoms with Crippen molar-refractivity contribution in [3.8, 4) is 0 Å². The first-order valence-corrected chi connectivity index (χ1v) is 8.98. The Bertz CT molecular complexity index is 592. The summed E-state index contributed by atoms with van der Waals surface area (Å²) < 4.78 is 27.5. The van der Waals surface area contributed by atoms with Gasteiger partial charge in [0.15, 0.2) is 0 Å². The van der Waals surface area contributed by atoms with Crippen LogP contribution in [0.25, 0.3) is 0 Å². The maximum Gasteiger partial charge on any atom is 0.242 e. The van der Waals surface area contributed by atoms with E-state index < -0.39 is 10.0 Å². The van der Waals surface area contributed by atoms with Crippen molar-refractivity contribution in [2.75, 3.05) is 20.1 Å². The molecule has 0 bridgehead atoms. The van der Waals surface area contributed by atoms with Gasteiger partial charge in [0.2, 0.25) is 10.0 Å². The quantitative estimate of drug-likeness (QED) is 0.858. The minimum Gasteiger partial charge on any atom is -0.326 e. The number of halogens is 1. The minimum absolute atomic E-state index is 0.102. The minimum atomic E-state index is -3.61. The Labute approximate surface area is 131 Å². The first-order valence-electron chi connectivity index (χ1n) is 7.12. The van der Waals surface area contributed by atoms with Crippen LogP contribution in [-0.4, -0.2) is 39.5 Å². The molecule has 0 aromatic heterocycles. The molecule has 21 heavy (non-hydrogen) atoms. The second kappa shape index (κ2) is 7.07. The van der Waals surface area contributed by atoms with Crippen molar-refractivity contribution < 1.29 is 8.42 Å². The third-order valence-corrected chi connectivity index (χ3v) is 5.86. The number of hydrogen-bond acceptors (Lipinski definition) is 4. The molecule has 1 aliphatic heterocycles. The summed E-state index contributed by atoms with van der Waals surface area (Å²) in [7, 11) is -1.58. The van der Waals surface area contributed by atoms with E-state index in [1.165, 1.54) is 12.5 Å². The zero-order valence-corrected chi connectivity index (χ0v) is 13.8. The number of nitrogens with one attached hydrogen (secondary N) is 1. The lowest BCUT2D eigenvalue weighted by molar-refractivity contribution is 0.187. The van der Waals surface area contributed by atoms with E-state index in [2.05, 4.69) is 9.62 Å². The van der Waals surface area contributed by atoms with Crippen molar-refractivity contribution in [1.29, 1.82) is 0 Å². The molecule has 0 amide bonds. The lowest BCUT2D eigenvalue weighted by Gasteiger charge is -2.32. The topological polar surface area (TPSA) is 75.4 Å². The number of nitrogens with zero attached hydrogens (tertiary/aromatic N) is 1. The third-order valence-electron chi connectivity index (χ3n) is 3.95. The van der Waals surface area contributed by atoms with Crippen LogP contribution in [0.5, 0.6) is 0 Å². The van der Waals surface area contributed by atoms with Gasteiger partial charge in [-0.05, 0) is 44.1 Å². The third kappa shape index (κ3) is 4.17. The molecule has 1 aliphatic rings. The first-order chi connectivity index (χ1) is 9.94. The van der Waals surface area contributed by atoms with E-state index in [0.717, 1.165) is 24.9 Å². The fraction of sp³-hybridized carbons (Fsp3) is 0.571. The number of benzene rings is 1. The van der Waals surface area contributed by atoms with Gasteiger partial charge in [0.05, 0.1) is 5.02 Å². The smallest absolute Gasteiger partial charge is 0.242 e. The molecule has 1 atom stereocenters. The van der Waals surface area contributed by atoms with Crippen LogP contribution in [0, 0.1) is 0 Å². The summed E-state index contributed by atoms with van der Waals surface area (Å²) in [5, 5.41) is 0.219. The molecule has 0 aliphatic carbocycles. The van der Waals surface area contributed by atoms with Gasteiger partial charge < -0.3 is 10.6 Å². The maximum atomic E-state index is 12.4. The fourth-order valence-corrected chi connectivity index (χ4v) is 4.19. The molecule has 1 aromatic carbocycles. The number of rotatable bonds is 5. The molecule has 1 unspecified atom stereocenters. The predicted octanol–water partition coefficient (Wildman–Crippen LogP) is 1.56. The molecule has 1 aromatic rings. The zero-order valence-electron chi connectivity index (χ0n) is 12.2. The monoisotopic (exact) mass is 331 g/mol. The van der Waals surface area contributed by atoms with Crippen molar-refractivity contribution in [1.82, 2.24) is 9.62 Å². The van der Waals surface area contributed by atoms with E-state index in [1.54, 1.807) is 12.1 Å². The maximum absolute atomic E-state index is 12.4. The zero-order chi connectivity index (χ0) is 15.5. The molecule has 0 saturated carbocycles. The lowest BCUT2D eigenvalue weighted by Crippen LogP contribution is -2.44. The molecule has 1 fully saturated rings. The SMILES string of the molecule is CN1CCCCC1CNS(=O)(=O)c1cc(CN)ccc1Cl. The van der Waals surface area contributed by atoms with E-state index >= 15 is 0 Å². The van der Waals surface area contributed by atoms with Crippen LogP contribution in [0.1, 0.15) is 24.8 Å². The average Bonchev–Trinajstić information content (AvgIpc) is 2.47. The Balaban J connectivity index is 2.11. The summed E-state index contributed by atoms with van der Waals surface area (Å²) in [6, 6.07) is 5.08. The Morgan fingerprint density at radius 1 is 1.43 bits per heavy atom. The van der Waals surface area contributed by atoms with Crippen LogP contribution in [0.3, 0.4) is 0 Å². The first kappa shape index (κ1) is 16.7. The van der Waals surface area contributed by atoms with Gasteiger partial charge in [0.1, 0.15) is 4.90 Å². The Hall–Kier alpha value is -0.660. The van der Waals surface area contributed by atoms with Gasteiger partial charge in [0, 0.05) is 19.1 Å². The summed E-state index contributed by atoms with van der Waals surface area (Å²) in [6.45, 7) is 1.70. The molecule has 3 N–H and O–H groups in total. The molecule has 118 valence electrons. The highest BCUT2D eigenvalue weighted by Crippen LogP contribution is 2.23. The number of likely N-dealkylation sites (N-methyl/N-ethyl adjacent to an activating group) is 1. The van der Waals surface area contributed by atoms with E-state index in [1.807, 2.05) is 7.05 Å². The van der Waals surface area contributed by atoms with E-state index in [4.69, 9.17) is 17.3 Å². The van der Waals surface area contributed by atoms with Gasteiger partial charge in [-0.2, -0.15) is 0 Å². The number of sulfonamides is 1. The standard InChI is InChI=1S/C14H22ClN3O2S/c1-18-7-3-2-4-12(18)10-17-21(19,20)14-8-11(9-16)5-6-13(14)15/h5-6,8,12,17H,2-4,7,9-10,16H2,1H3. The van der Waals surface area contributed by atoms with Crippen molar-refractivity contribution >= 4 is 21.6 Å². The number of piperidine rings is 1. The van der Waals surface area contributed by atoms with Crippen molar-refractivity contribution in [3.63, 3.8) is 0 Å². The van der Waals surface area contributed by atoms with Crippen LogP contribution in [0.2, 0.25) is 5.02 Å². The summed E-state index contributed by atoms with van der Waals surface area (Å²) in [5.74, 6) is 0. The second-order valence-electron chi connectivity index (χ2n) is 5.45. The summed E-state index contributed by atoms with van der Waals surface area (Å²) >= 11 is 6.02. The molecular weight excluding hydrogens is 310 g/mol. The van der Waals surface area contributed by atoms with Gasteiger partial charge in [0.25, 0.3) is 0 Å². The van der Waals surface area contributed by atoms with Crippen LogP contribution in [0.15, 0.2) is 23.1 Å². The van der Waals surface area contributed by atoms with Gasteiger partial charge >= 0.3 is 0 Å².